The fraction of sp³-hybridized carbons (Fsp3) is 0.375. The molecule has 180 valence electrons. The molecule has 3 atom stereocenters. The molecule has 3 unspecified atom stereocenters. The molecule has 8 nitrogen and oxygen atoms in total. The minimum Gasteiger partial charge on any atom is -0.481 e. The molecule has 34 heavy (non-hydrogen) atoms. The van der Waals surface area contributed by atoms with Crippen LogP contribution in [0.3, 0.4) is 0 Å². The molecular formula is C24H24F2N2O6. The van der Waals surface area contributed by atoms with E-state index in [1.807, 2.05) is 48.5 Å². The van der Waals surface area contributed by atoms with E-state index in [0.717, 1.165) is 22.3 Å². The van der Waals surface area contributed by atoms with Gasteiger partial charge in [0.2, 0.25) is 12.3 Å². The molecule has 2 amide bonds. The summed E-state index contributed by atoms with van der Waals surface area (Å²) in [5, 5.41) is 13.8. The van der Waals surface area contributed by atoms with Gasteiger partial charge < -0.3 is 25.2 Å². The lowest BCUT2D eigenvalue weighted by Gasteiger charge is -2.22. The summed E-state index contributed by atoms with van der Waals surface area (Å²) >= 11 is 0. The summed E-state index contributed by atoms with van der Waals surface area (Å²) in [6.45, 7) is -0.199. The quantitative estimate of drug-likeness (QED) is 0.542. The maximum Gasteiger partial charge on any atom is 0.407 e. The van der Waals surface area contributed by atoms with Crippen LogP contribution in [0.15, 0.2) is 48.5 Å². The van der Waals surface area contributed by atoms with E-state index in [4.69, 9.17) is 9.47 Å². The number of halogens is 2. The number of nitrogens with one attached hydrogen (secondary N) is 2. The lowest BCUT2D eigenvalue weighted by atomic mass is 9.98. The van der Waals surface area contributed by atoms with Gasteiger partial charge >= 0.3 is 12.1 Å². The molecule has 4 rings (SSSR count). The summed E-state index contributed by atoms with van der Waals surface area (Å²) in [4.78, 5) is 36.3. The van der Waals surface area contributed by atoms with E-state index in [9.17, 15) is 28.3 Å². The number of ether oxygens (including phenoxy) is 2. The van der Waals surface area contributed by atoms with Crippen molar-refractivity contribution in [2.75, 3.05) is 19.8 Å². The Labute approximate surface area is 194 Å². The molecule has 2 aromatic carbocycles. The Bertz CT molecular complexity index is 1030. The zero-order valence-corrected chi connectivity index (χ0v) is 18.1. The van der Waals surface area contributed by atoms with Crippen LogP contribution in [0, 0.1) is 5.92 Å². The van der Waals surface area contributed by atoms with Gasteiger partial charge in [0.15, 0.2) is 0 Å². The molecule has 10 heteroatoms. The number of hydrogen-bond acceptors (Lipinski definition) is 5. The van der Waals surface area contributed by atoms with Crippen molar-refractivity contribution in [1.82, 2.24) is 10.6 Å². The van der Waals surface area contributed by atoms with Crippen molar-refractivity contribution in [3.05, 3.63) is 59.7 Å². The predicted octanol–water partition coefficient (Wildman–Crippen LogP) is 2.76. The van der Waals surface area contributed by atoms with E-state index in [1.165, 1.54) is 0 Å². The van der Waals surface area contributed by atoms with Crippen molar-refractivity contribution in [1.29, 1.82) is 0 Å². The summed E-state index contributed by atoms with van der Waals surface area (Å²) in [5.74, 6) is -3.31. The molecule has 1 heterocycles. The molecule has 2 aliphatic rings. The molecule has 1 saturated heterocycles. The Hall–Kier alpha value is -3.53. The molecule has 2 aromatic rings. The summed E-state index contributed by atoms with van der Waals surface area (Å²) < 4.78 is 36.6. The second-order valence-corrected chi connectivity index (χ2v) is 8.25. The molecule has 1 aliphatic heterocycles. The van der Waals surface area contributed by atoms with E-state index in [-0.39, 0.29) is 25.7 Å². The number of amides is 2. The zero-order valence-electron chi connectivity index (χ0n) is 18.1. The van der Waals surface area contributed by atoms with Crippen molar-refractivity contribution in [3.8, 4) is 11.1 Å². The van der Waals surface area contributed by atoms with Crippen LogP contribution < -0.4 is 10.6 Å². The third-order valence-electron chi connectivity index (χ3n) is 6.09. The van der Waals surface area contributed by atoms with E-state index in [1.54, 1.807) is 0 Å². The van der Waals surface area contributed by atoms with Crippen LogP contribution in [0.5, 0.6) is 0 Å². The van der Waals surface area contributed by atoms with Crippen molar-refractivity contribution in [3.63, 3.8) is 0 Å². The maximum absolute atomic E-state index is 13.1. The summed E-state index contributed by atoms with van der Waals surface area (Å²) in [6, 6.07) is 13.0. The first-order chi connectivity index (χ1) is 16.3. The van der Waals surface area contributed by atoms with Gasteiger partial charge in [-0.25, -0.2) is 13.6 Å². The Balaban J connectivity index is 1.40. The number of carbonyl (C=O) groups excluding carboxylic acids is 2. The monoisotopic (exact) mass is 474 g/mol. The van der Waals surface area contributed by atoms with Gasteiger partial charge in [-0.05, 0) is 22.3 Å². The number of benzene rings is 2. The normalized spacial score (nSPS) is 19.9. The van der Waals surface area contributed by atoms with Gasteiger partial charge in [-0.1, -0.05) is 48.5 Å². The highest BCUT2D eigenvalue weighted by Crippen LogP contribution is 2.44. The number of carbonyl (C=O) groups is 3. The van der Waals surface area contributed by atoms with Crippen LogP contribution in [-0.2, 0) is 19.1 Å². The number of rotatable bonds is 8. The fourth-order valence-electron chi connectivity index (χ4n) is 4.42. The Morgan fingerprint density at radius 2 is 1.65 bits per heavy atom. The number of aliphatic carboxylic acids is 1. The Kier molecular flexibility index (Phi) is 7.06. The summed E-state index contributed by atoms with van der Waals surface area (Å²) in [6.07, 6.45) is -4.83. The lowest BCUT2D eigenvalue weighted by molar-refractivity contribution is -0.142. The van der Waals surface area contributed by atoms with Crippen LogP contribution in [0.25, 0.3) is 11.1 Å². The third-order valence-corrected chi connectivity index (χ3v) is 6.09. The smallest absolute Gasteiger partial charge is 0.407 e. The van der Waals surface area contributed by atoms with Gasteiger partial charge in [0.05, 0.1) is 19.3 Å². The number of alkyl halides is 2. The van der Waals surface area contributed by atoms with Crippen molar-refractivity contribution in [2.45, 2.75) is 30.8 Å². The first-order valence-corrected chi connectivity index (χ1v) is 10.9. The summed E-state index contributed by atoms with van der Waals surface area (Å²) in [7, 11) is 0. The minimum absolute atomic E-state index is 0.0412. The average Bonchev–Trinajstić information content (AvgIpc) is 3.39. The van der Waals surface area contributed by atoms with Crippen molar-refractivity contribution in [2.24, 2.45) is 5.92 Å². The van der Waals surface area contributed by atoms with Crippen molar-refractivity contribution < 1.29 is 37.7 Å². The van der Waals surface area contributed by atoms with E-state index in [0.29, 0.717) is 0 Å². The number of alkyl carbamates (subject to hydrolysis) is 1. The highest BCUT2D eigenvalue weighted by molar-refractivity contribution is 5.86. The van der Waals surface area contributed by atoms with Crippen LogP contribution in [-0.4, -0.2) is 61.4 Å². The second kappa shape index (κ2) is 10.2. The average molecular weight is 474 g/mol. The molecular weight excluding hydrogens is 450 g/mol. The SMILES string of the molecule is O=C(NC(CC(F)F)C(=O)NC1COCC1C(=O)O)OCC1c2ccccc2-c2ccccc21. The topological polar surface area (TPSA) is 114 Å². The van der Waals surface area contributed by atoms with Gasteiger partial charge in [0.1, 0.15) is 18.6 Å². The van der Waals surface area contributed by atoms with Crippen LogP contribution >= 0.6 is 0 Å². The standard InChI is InChI=1S/C24H24F2N2O6/c25-21(26)9-19(22(29)27-20-12-33-10-18(20)23(30)31)28-24(32)34-11-17-15-7-3-1-5-13(15)14-6-2-4-8-16(14)17/h1-8,17-21H,9-12H2,(H,27,29)(H,28,32)(H,30,31). The maximum atomic E-state index is 13.1. The highest BCUT2D eigenvalue weighted by atomic mass is 19.3. The minimum atomic E-state index is -2.88. The molecule has 0 spiro atoms. The first-order valence-electron chi connectivity index (χ1n) is 10.9. The van der Waals surface area contributed by atoms with Crippen LogP contribution in [0.1, 0.15) is 23.5 Å². The first kappa shape index (κ1) is 23.6. The number of hydrogen-bond donors (Lipinski definition) is 3. The lowest BCUT2D eigenvalue weighted by Crippen LogP contribution is -2.53. The molecule has 1 aliphatic carbocycles. The molecule has 0 saturated carbocycles. The van der Waals surface area contributed by atoms with Crippen LogP contribution in [0.2, 0.25) is 0 Å². The molecule has 0 bridgehead atoms. The number of fused-ring (bicyclic) bond motifs is 3. The number of carboxylic acids is 1. The van der Waals surface area contributed by atoms with Gasteiger partial charge in [0.25, 0.3) is 0 Å². The highest BCUT2D eigenvalue weighted by Gasteiger charge is 2.37. The van der Waals surface area contributed by atoms with Crippen LogP contribution in [0.4, 0.5) is 13.6 Å². The van der Waals surface area contributed by atoms with Gasteiger partial charge in [-0.3, -0.25) is 9.59 Å². The fourth-order valence-corrected chi connectivity index (χ4v) is 4.42. The van der Waals surface area contributed by atoms with Gasteiger partial charge in [0, 0.05) is 12.3 Å². The Morgan fingerprint density at radius 1 is 1.03 bits per heavy atom. The van der Waals surface area contributed by atoms with Gasteiger partial charge in [-0.15, -0.1) is 0 Å². The largest absolute Gasteiger partial charge is 0.481 e. The summed E-state index contributed by atoms with van der Waals surface area (Å²) in [5.41, 5.74) is 4.04. The van der Waals surface area contributed by atoms with E-state index < -0.39 is 48.8 Å². The second-order valence-electron chi connectivity index (χ2n) is 8.25. The third kappa shape index (κ3) is 5.01. The number of carboxylic acid groups (broad SMARTS) is 1. The molecule has 0 radical (unpaired) electrons. The Morgan fingerprint density at radius 3 is 2.24 bits per heavy atom. The molecule has 1 fully saturated rings. The van der Waals surface area contributed by atoms with Crippen molar-refractivity contribution >= 4 is 18.0 Å². The molecule has 3 N–H and O–H groups in total. The molecule has 0 aromatic heterocycles. The predicted molar refractivity (Wildman–Crippen MR) is 116 cm³/mol. The zero-order chi connectivity index (χ0) is 24.2. The van der Waals surface area contributed by atoms with Gasteiger partial charge in [-0.2, -0.15) is 0 Å². The van der Waals surface area contributed by atoms with E-state index in [2.05, 4.69) is 10.6 Å². The van der Waals surface area contributed by atoms with E-state index >= 15 is 0 Å².